The predicted octanol–water partition coefficient (Wildman–Crippen LogP) is 2.91. The van der Waals surface area contributed by atoms with Crippen LogP contribution in [0.3, 0.4) is 0 Å². The van der Waals surface area contributed by atoms with Gasteiger partial charge in [-0.05, 0) is 42.3 Å². The van der Waals surface area contributed by atoms with E-state index < -0.39 is 0 Å². The molecule has 0 saturated carbocycles. The SMILES string of the molecule is CNC(=O)c1ccc(CNC(C)c2ccc(OC)c(OC)c2)cc1. The van der Waals surface area contributed by atoms with Gasteiger partial charge in [-0.1, -0.05) is 18.2 Å². The maximum absolute atomic E-state index is 11.5. The van der Waals surface area contributed by atoms with Crippen molar-refractivity contribution >= 4 is 5.91 Å². The maximum Gasteiger partial charge on any atom is 0.251 e. The Morgan fingerprint density at radius 3 is 2.29 bits per heavy atom. The number of carbonyl (C=O) groups excluding carboxylic acids is 1. The first-order valence-electron chi connectivity index (χ1n) is 7.85. The first-order chi connectivity index (χ1) is 11.6. The molecule has 0 heterocycles. The average Bonchev–Trinajstić information content (AvgIpc) is 2.65. The van der Waals surface area contributed by atoms with Gasteiger partial charge in [0.1, 0.15) is 0 Å². The fourth-order valence-corrected chi connectivity index (χ4v) is 2.43. The van der Waals surface area contributed by atoms with E-state index in [1.165, 1.54) is 0 Å². The number of hydrogen-bond acceptors (Lipinski definition) is 4. The molecule has 2 rings (SSSR count). The number of hydrogen-bond donors (Lipinski definition) is 2. The molecule has 2 aromatic rings. The number of methoxy groups -OCH3 is 2. The van der Waals surface area contributed by atoms with Crippen LogP contribution in [0.5, 0.6) is 11.5 Å². The molecule has 24 heavy (non-hydrogen) atoms. The minimum atomic E-state index is -0.0757. The van der Waals surface area contributed by atoms with Crippen LogP contribution in [-0.4, -0.2) is 27.2 Å². The van der Waals surface area contributed by atoms with E-state index in [4.69, 9.17) is 9.47 Å². The van der Waals surface area contributed by atoms with Crippen LogP contribution in [0.15, 0.2) is 42.5 Å². The van der Waals surface area contributed by atoms with Crippen molar-refractivity contribution in [3.63, 3.8) is 0 Å². The molecule has 0 fully saturated rings. The number of amides is 1. The minimum Gasteiger partial charge on any atom is -0.493 e. The molecule has 2 N–H and O–H groups in total. The lowest BCUT2D eigenvalue weighted by molar-refractivity contribution is 0.0963. The number of rotatable bonds is 7. The fourth-order valence-electron chi connectivity index (χ4n) is 2.43. The second kappa shape index (κ2) is 8.36. The van der Waals surface area contributed by atoms with Crippen molar-refractivity contribution in [2.24, 2.45) is 0 Å². The zero-order valence-electron chi connectivity index (χ0n) is 14.6. The summed E-state index contributed by atoms with van der Waals surface area (Å²) in [5, 5.41) is 6.09. The van der Waals surface area contributed by atoms with Gasteiger partial charge in [-0.15, -0.1) is 0 Å². The normalized spacial score (nSPS) is 11.7. The molecule has 5 nitrogen and oxygen atoms in total. The summed E-state index contributed by atoms with van der Waals surface area (Å²) in [6.07, 6.45) is 0. The zero-order valence-corrected chi connectivity index (χ0v) is 14.6. The summed E-state index contributed by atoms with van der Waals surface area (Å²) in [5.41, 5.74) is 2.90. The second-order valence-electron chi connectivity index (χ2n) is 5.49. The van der Waals surface area contributed by atoms with E-state index in [0.29, 0.717) is 12.1 Å². The Balaban J connectivity index is 2.00. The monoisotopic (exact) mass is 328 g/mol. The standard InChI is InChI=1S/C19H24N2O3/c1-13(16-9-10-17(23-3)18(11-16)24-4)21-12-14-5-7-15(8-6-14)19(22)20-2/h5-11,13,21H,12H2,1-4H3,(H,20,22). The molecule has 1 unspecified atom stereocenters. The highest BCUT2D eigenvalue weighted by Crippen LogP contribution is 2.29. The first-order valence-corrected chi connectivity index (χ1v) is 7.85. The van der Waals surface area contributed by atoms with Gasteiger partial charge < -0.3 is 20.1 Å². The van der Waals surface area contributed by atoms with E-state index in [2.05, 4.69) is 17.6 Å². The van der Waals surface area contributed by atoms with Gasteiger partial charge in [0, 0.05) is 25.2 Å². The van der Waals surface area contributed by atoms with E-state index in [-0.39, 0.29) is 11.9 Å². The van der Waals surface area contributed by atoms with Gasteiger partial charge in [-0.25, -0.2) is 0 Å². The smallest absolute Gasteiger partial charge is 0.251 e. The van der Waals surface area contributed by atoms with Gasteiger partial charge in [0.05, 0.1) is 14.2 Å². The molecule has 0 aliphatic heterocycles. The third-order valence-electron chi connectivity index (χ3n) is 3.96. The molecule has 0 bridgehead atoms. The molecule has 1 atom stereocenters. The number of nitrogens with one attached hydrogen (secondary N) is 2. The summed E-state index contributed by atoms with van der Waals surface area (Å²) in [7, 11) is 4.89. The first kappa shape index (κ1) is 17.8. The van der Waals surface area contributed by atoms with Crippen molar-refractivity contribution in [1.29, 1.82) is 0 Å². The molecule has 0 saturated heterocycles. The van der Waals surface area contributed by atoms with E-state index in [1.807, 2.05) is 42.5 Å². The van der Waals surface area contributed by atoms with Crippen LogP contribution in [0.25, 0.3) is 0 Å². The van der Waals surface area contributed by atoms with Crippen LogP contribution in [0.2, 0.25) is 0 Å². The lowest BCUT2D eigenvalue weighted by atomic mass is 10.1. The highest BCUT2D eigenvalue weighted by molar-refractivity contribution is 5.93. The Morgan fingerprint density at radius 2 is 1.71 bits per heavy atom. The second-order valence-corrected chi connectivity index (χ2v) is 5.49. The maximum atomic E-state index is 11.5. The van der Waals surface area contributed by atoms with Gasteiger partial charge in [0.2, 0.25) is 0 Å². The Labute approximate surface area is 143 Å². The number of ether oxygens (including phenoxy) is 2. The van der Waals surface area contributed by atoms with Crippen molar-refractivity contribution in [1.82, 2.24) is 10.6 Å². The van der Waals surface area contributed by atoms with Crippen molar-refractivity contribution in [3.8, 4) is 11.5 Å². The highest BCUT2D eigenvalue weighted by Gasteiger charge is 2.10. The molecule has 0 spiro atoms. The molecule has 0 aliphatic rings. The van der Waals surface area contributed by atoms with Gasteiger partial charge in [-0.3, -0.25) is 4.79 Å². The Hall–Kier alpha value is -2.53. The van der Waals surface area contributed by atoms with Gasteiger partial charge in [0.15, 0.2) is 11.5 Å². The van der Waals surface area contributed by atoms with Crippen molar-refractivity contribution in [3.05, 3.63) is 59.2 Å². The largest absolute Gasteiger partial charge is 0.493 e. The van der Waals surface area contributed by atoms with Crippen LogP contribution in [0.1, 0.15) is 34.5 Å². The van der Waals surface area contributed by atoms with Crippen molar-refractivity contribution < 1.29 is 14.3 Å². The van der Waals surface area contributed by atoms with Gasteiger partial charge >= 0.3 is 0 Å². The van der Waals surface area contributed by atoms with Crippen LogP contribution in [0, 0.1) is 0 Å². The van der Waals surface area contributed by atoms with E-state index in [1.54, 1.807) is 21.3 Å². The van der Waals surface area contributed by atoms with Gasteiger partial charge in [-0.2, -0.15) is 0 Å². The quantitative estimate of drug-likeness (QED) is 0.820. The van der Waals surface area contributed by atoms with Crippen LogP contribution in [-0.2, 0) is 6.54 Å². The third-order valence-corrected chi connectivity index (χ3v) is 3.96. The van der Waals surface area contributed by atoms with E-state index >= 15 is 0 Å². The lowest BCUT2D eigenvalue weighted by Crippen LogP contribution is -2.19. The topological polar surface area (TPSA) is 59.6 Å². The summed E-state index contributed by atoms with van der Waals surface area (Å²) < 4.78 is 10.6. The molecule has 1 amide bonds. The molecule has 0 aromatic heterocycles. The molecular formula is C19H24N2O3. The molecule has 2 aromatic carbocycles. The Morgan fingerprint density at radius 1 is 1.04 bits per heavy atom. The lowest BCUT2D eigenvalue weighted by Gasteiger charge is -2.16. The molecule has 128 valence electrons. The van der Waals surface area contributed by atoms with E-state index in [0.717, 1.165) is 22.6 Å². The summed E-state index contributed by atoms with van der Waals surface area (Å²) in [6.45, 7) is 2.81. The Bertz CT molecular complexity index is 684. The zero-order chi connectivity index (χ0) is 17.5. The fraction of sp³-hybridized carbons (Fsp3) is 0.316. The van der Waals surface area contributed by atoms with Crippen LogP contribution >= 0.6 is 0 Å². The highest BCUT2D eigenvalue weighted by atomic mass is 16.5. The molecular weight excluding hydrogens is 304 g/mol. The number of benzene rings is 2. The van der Waals surface area contributed by atoms with Crippen LogP contribution in [0.4, 0.5) is 0 Å². The van der Waals surface area contributed by atoms with E-state index in [9.17, 15) is 4.79 Å². The number of carbonyl (C=O) groups is 1. The summed E-state index contributed by atoms with van der Waals surface area (Å²) in [4.78, 5) is 11.5. The van der Waals surface area contributed by atoms with Crippen LogP contribution < -0.4 is 20.1 Å². The predicted molar refractivity (Wildman–Crippen MR) is 94.6 cm³/mol. The van der Waals surface area contributed by atoms with Crippen molar-refractivity contribution in [2.75, 3.05) is 21.3 Å². The van der Waals surface area contributed by atoms with Gasteiger partial charge in [0.25, 0.3) is 5.91 Å². The average molecular weight is 328 g/mol. The molecule has 0 aliphatic carbocycles. The Kier molecular flexibility index (Phi) is 6.21. The molecule has 0 radical (unpaired) electrons. The third kappa shape index (κ3) is 4.26. The minimum absolute atomic E-state index is 0.0757. The van der Waals surface area contributed by atoms with Crippen molar-refractivity contribution in [2.45, 2.75) is 19.5 Å². The molecule has 5 heteroatoms. The summed E-state index contributed by atoms with van der Waals surface area (Å²) >= 11 is 0. The summed E-state index contributed by atoms with van der Waals surface area (Å²) in [5.74, 6) is 1.37. The summed E-state index contributed by atoms with van der Waals surface area (Å²) in [6, 6.07) is 13.6.